The van der Waals surface area contributed by atoms with Crippen molar-refractivity contribution in [2.45, 2.75) is 32.8 Å². The summed E-state index contributed by atoms with van der Waals surface area (Å²) in [6, 6.07) is 10.4. The molecule has 146 valence electrons. The topological polar surface area (TPSA) is 78.6 Å². The molecule has 0 N–H and O–H groups in total. The lowest BCUT2D eigenvalue weighted by Crippen LogP contribution is -2.24. The van der Waals surface area contributed by atoms with Gasteiger partial charge in [0, 0.05) is 10.6 Å². The first kappa shape index (κ1) is 19.9. The Hall–Kier alpha value is -2.86. The molecule has 0 aliphatic heterocycles. The Morgan fingerprint density at radius 3 is 2.57 bits per heavy atom. The normalized spacial score (nSPS) is 11.5. The largest absolute Gasteiger partial charge is 0.465 e. The van der Waals surface area contributed by atoms with Gasteiger partial charge in [-0.3, -0.25) is 4.79 Å². The number of carbonyl (C=O) groups excluding carboxylic acids is 2. The van der Waals surface area contributed by atoms with Gasteiger partial charge in [-0.25, -0.2) is 9.78 Å². The molecule has 0 aliphatic rings. The van der Waals surface area contributed by atoms with Crippen molar-refractivity contribution >= 4 is 34.6 Å². The van der Waals surface area contributed by atoms with Crippen molar-refractivity contribution in [3.05, 3.63) is 52.9 Å². The number of oxazole rings is 1. The van der Waals surface area contributed by atoms with Crippen LogP contribution in [0.1, 0.15) is 37.0 Å². The Bertz CT molecular complexity index is 1050. The number of fused-ring (bicyclic) bond motifs is 1. The fourth-order valence-electron chi connectivity index (χ4n) is 2.76. The van der Waals surface area contributed by atoms with E-state index in [4.69, 9.17) is 25.5 Å². The van der Waals surface area contributed by atoms with Crippen LogP contribution in [0.4, 0.5) is 0 Å². The van der Waals surface area contributed by atoms with E-state index < -0.39 is 17.5 Å². The fraction of sp³-hybridized carbons (Fsp3) is 0.286. The van der Waals surface area contributed by atoms with Crippen LogP contribution in [0.2, 0.25) is 5.02 Å². The highest BCUT2D eigenvalue weighted by Gasteiger charge is 2.21. The molecule has 28 heavy (non-hydrogen) atoms. The molecule has 3 aromatic rings. The molecule has 0 fully saturated rings. The molecule has 0 saturated carbocycles. The Morgan fingerprint density at radius 1 is 1.18 bits per heavy atom. The van der Waals surface area contributed by atoms with E-state index in [1.54, 1.807) is 51.1 Å². The van der Waals surface area contributed by atoms with Gasteiger partial charge in [-0.05, 0) is 50.6 Å². The van der Waals surface area contributed by atoms with E-state index in [0.29, 0.717) is 27.2 Å². The van der Waals surface area contributed by atoms with E-state index in [0.717, 1.165) is 5.56 Å². The Balaban J connectivity index is 2.08. The maximum absolute atomic E-state index is 12.1. The van der Waals surface area contributed by atoms with Gasteiger partial charge in [0.2, 0.25) is 5.89 Å². The first-order valence-electron chi connectivity index (χ1n) is 8.66. The number of nitrogens with zero attached hydrogens (tertiary/aromatic N) is 1. The molecule has 0 atom stereocenters. The Labute approximate surface area is 167 Å². The lowest BCUT2D eigenvalue weighted by Gasteiger charge is -2.18. The van der Waals surface area contributed by atoms with E-state index >= 15 is 0 Å². The molecule has 0 bridgehead atoms. The molecule has 1 aromatic heterocycles. The van der Waals surface area contributed by atoms with Crippen molar-refractivity contribution < 1.29 is 23.5 Å². The number of methoxy groups -OCH3 is 1. The highest BCUT2D eigenvalue weighted by Crippen LogP contribution is 2.32. The maximum Gasteiger partial charge on any atom is 0.338 e. The summed E-state index contributed by atoms with van der Waals surface area (Å²) < 4.78 is 15.9. The summed E-state index contributed by atoms with van der Waals surface area (Å²) in [7, 11) is 1.31. The first-order valence-corrected chi connectivity index (χ1v) is 9.03. The second kappa shape index (κ2) is 7.64. The number of hydrogen-bond donors (Lipinski definition) is 0. The average Bonchev–Trinajstić information content (AvgIpc) is 3.00. The number of hydrogen-bond acceptors (Lipinski definition) is 6. The van der Waals surface area contributed by atoms with Crippen LogP contribution in [0.3, 0.4) is 0 Å². The minimum absolute atomic E-state index is 0.117. The fourth-order valence-corrected chi connectivity index (χ4v) is 2.95. The SMILES string of the molecule is COC(=O)c1cc(-c2cccc(Cl)c2)c2nc(CC(=O)OC(C)(C)C)oc2c1. The molecule has 0 unspecified atom stereocenters. The van der Waals surface area contributed by atoms with Gasteiger partial charge in [0.1, 0.15) is 17.5 Å². The van der Waals surface area contributed by atoms with E-state index in [1.165, 1.54) is 7.11 Å². The third-order valence-electron chi connectivity index (χ3n) is 3.81. The number of rotatable bonds is 4. The molecular weight excluding hydrogens is 382 g/mol. The lowest BCUT2D eigenvalue weighted by molar-refractivity contribution is -0.154. The van der Waals surface area contributed by atoms with Crippen LogP contribution < -0.4 is 0 Å². The van der Waals surface area contributed by atoms with Crippen molar-refractivity contribution in [2.75, 3.05) is 7.11 Å². The van der Waals surface area contributed by atoms with Crippen LogP contribution in [-0.2, 0) is 20.7 Å². The maximum atomic E-state index is 12.1. The highest BCUT2D eigenvalue weighted by atomic mass is 35.5. The minimum Gasteiger partial charge on any atom is -0.465 e. The third kappa shape index (κ3) is 4.51. The summed E-state index contributed by atoms with van der Waals surface area (Å²) >= 11 is 6.11. The van der Waals surface area contributed by atoms with E-state index in [1.807, 2.05) is 6.07 Å². The van der Waals surface area contributed by atoms with Crippen LogP contribution in [0, 0.1) is 0 Å². The smallest absolute Gasteiger partial charge is 0.338 e. The molecule has 0 aliphatic carbocycles. The number of aromatic nitrogens is 1. The summed E-state index contributed by atoms with van der Waals surface area (Å²) in [4.78, 5) is 28.6. The molecule has 0 radical (unpaired) electrons. The monoisotopic (exact) mass is 401 g/mol. The molecule has 1 heterocycles. The van der Waals surface area contributed by atoms with Gasteiger partial charge >= 0.3 is 11.9 Å². The second-order valence-corrected chi connectivity index (χ2v) is 7.68. The van der Waals surface area contributed by atoms with E-state index in [2.05, 4.69) is 4.98 Å². The molecule has 7 heteroatoms. The van der Waals surface area contributed by atoms with Gasteiger partial charge < -0.3 is 13.9 Å². The van der Waals surface area contributed by atoms with Crippen molar-refractivity contribution in [3.8, 4) is 11.1 Å². The van der Waals surface area contributed by atoms with Crippen LogP contribution in [0.15, 0.2) is 40.8 Å². The van der Waals surface area contributed by atoms with Crippen molar-refractivity contribution in [1.29, 1.82) is 0 Å². The quantitative estimate of drug-likeness (QED) is 0.583. The van der Waals surface area contributed by atoms with Crippen LogP contribution in [0.5, 0.6) is 0 Å². The van der Waals surface area contributed by atoms with Gasteiger partial charge in [-0.2, -0.15) is 0 Å². The standard InChI is InChI=1S/C21H20ClNO5/c1-21(2,3)28-18(24)11-17-23-19-15(12-6-5-7-14(22)8-12)9-13(20(25)26-4)10-16(19)27-17/h5-10H,11H2,1-4H3. The highest BCUT2D eigenvalue weighted by molar-refractivity contribution is 6.30. The zero-order valence-electron chi connectivity index (χ0n) is 16.0. The van der Waals surface area contributed by atoms with Crippen molar-refractivity contribution in [1.82, 2.24) is 4.98 Å². The molecule has 0 saturated heterocycles. The van der Waals surface area contributed by atoms with Gasteiger partial charge in [0.25, 0.3) is 0 Å². The summed E-state index contributed by atoms with van der Waals surface area (Å²) in [6.45, 7) is 5.37. The summed E-state index contributed by atoms with van der Waals surface area (Å²) in [5.74, 6) is -0.749. The van der Waals surface area contributed by atoms with Crippen LogP contribution in [0.25, 0.3) is 22.2 Å². The zero-order valence-corrected chi connectivity index (χ0v) is 16.8. The van der Waals surface area contributed by atoms with Crippen molar-refractivity contribution in [3.63, 3.8) is 0 Å². The third-order valence-corrected chi connectivity index (χ3v) is 4.05. The van der Waals surface area contributed by atoms with E-state index in [-0.39, 0.29) is 12.3 Å². The zero-order chi connectivity index (χ0) is 20.5. The first-order chi connectivity index (χ1) is 13.2. The number of halogens is 1. The molecular formula is C21H20ClNO5. The van der Waals surface area contributed by atoms with Gasteiger partial charge in [-0.15, -0.1) is 0 Å². The molecule has 6 nitrogen and oxygen atoms in total. The predicted molar refractivity (Wildman–Crippen MR) is 105 cm³/mol. The van der Waals surface area contributed by atoms with Gasteiger partial charge in [-0.1, -0.05) is 23.7 Å². The molecule has 0 amide bonds. The Morgan fingerprint density at radius 2 is 1.93 bits per heavy atom. The Kier molecular flexibility index (Phi) is 5.42. The average molecular weight is 402 g/mol. The van der Waals surface area contributed by atoms with Crippen LogP contribution >= 0.6 is 11.6 Å². The second-order valence-electron chi connectivity index (χ2n) is 7.24. The summed E-state index contributed by atoms with van der Waals surface area (Å²) in [5.41, 5.74) is 2.02. The molecule has 2 aromatic carbocycles. The lowest BCUT2D eigenvalue weighted by atomic mass is 10.0. The number of ether oxygens (including phenoxy) is 2. The van der Waals surface area contributed by atoms with E-state index in [9.17, 15) is 9.59 Å². The predicted octanol–water partition coefficient (Wildman–Crippen LogP) is 4.82. The number of esters is 2. The van der Waals surface area contributed by atoms with Gasteiger partial charge in [0.15, 0.2) is 5.58 Å². The number of benzene rings is 2. The summed E-state index contributed by atoms with van der Waals surface area (Å²) in [5, 5.41) is 0.548. The molecule has 3 rings (SSSR count). The molecule has 0 spiro atoms. The number of carbonyl (C=O) groups is 2. The van der Waals surface area contributed by atoms with Gasteiger partial charge in [0.05, 0.1) is 12.7 Å². The van der Waals surface area contributed by atoms with Crippen LogP contribution in [-0.4, -0.2) is 29.6 Å². The minimum atomic E-state index is -0.604. The summed E-state index contributed by atoms with van der Waals surface area (Å²) in [6.07, 6.45) is -0.117. The van der Waals surface area contributed by atoms with Crippen molar-refractivity contribution in [2.24, 2.45) is 0 Å².